The summed E-state index contributed by atoms with van der Waals surface area (Å²) >= 11 is 0. The van der Waals surface area contributed by atoms with E-state index in [0.717, 1.165) is 44.4 Å². The third-order valence-corrected chi connectivity index (χ3v) is 5.31. The third kappa shape index (κ3) is 4.71. The van der Waals surface area contributed by atoms with E-state index in [1.807, 2.05) is 0 Å². The highest BCUT2D eigenvalue weighted by Gasteiger charge is 2.42. The van der Waals surface area contributed by atoms with Crippen LogP contribution in [-0.2, 0) is 20.7 Å². The molecule has 7 heteroatoms. The minimum absolute atomic E-state index is 0.0922. The monoisotopic (exact) mass is 361 g/mol. The van der Waals surface area contributed by atoms with Crippen molar-refractivity contribution >= 4 is 12.1 Å². The molecule has 1 atom stereocenters. The van der Waals surface area contributed by atoms with Gasteiger partial charge < -0.3 is 14.8 Å². The summed E-state index contributed by atoms with van der Waals surface area (Å²) in [7, 11) is 0. The molecule has 7 nitrogen and oxygen atoms in total. The molecule has 1 unspecified atom stereocenters. The van der Waals surface area contributed by atoms with Crippen molar-refractivity contribution in [3.05, 3.63) is 24.3 Å². The van der Waals surface area contributed by atoms with Crippen LogP contribution in [0, 0.1) is 5.92 Å². The zero-order valence-electron chi connectivity index (χ0n) is 15.4. The van der Waals surface area contributed by atoms with Crippen molar-refractivity contribution in [1.29, 1.82) is 0 Å². The molecule has 0 aromatic carbocycles. The fourth-order valence-corrected chi connectivity index (χ4v) is 3.89. The standard InChI is InChI=1S/C19H27N3O4/c1-13(2)25-17(23)15(12-16-20-10-3-11-21-16)26-18(24)22-19-7-4-14(5-8-19)6-9-19/h3,10-11,13-15H,4-9,12H2,1-2H3,(H,22,24). The number of ether oxygens (including phenoxy) is 2. The number of rotatable bonds is 6. The molecule has 3 fully saturated rings. The molecule has 3 aliphatic rings. The van der Waals surface area contributed by atoms with Gasteiger partial charge in [-0.3, -0.25) is 0 Å². The second kappa shape index (κ2) is 8.01. The van der Waals surface area contributed by atoms with Gasteiger partial charge >= 0.3 is 12.1 Å². The zero-order valence-corrected chi connectivity index (χ0v) is 15.4. The van der Waals surface area contributed by atoms with Crippen molar-refractivity contribution in [3.8, 4) is 0 Å². The Morgan fingerprint density at radius 2 is 1.77 bits per heavy atom. The molecule has 2 bridgehead atoms. The van der Waals surface area contributed by atoms with Crippen LogP contribution in [0.4, 0.5) is 4.79 Å². The number of nitrogens with zero attached hydrogens (tertiary/aromatic N) is 2. The zero-order chi connectivity index (χ0) is 18.6. The maximum atomic E-state index is 12.5. The van der Waals surface area contributed by atoms with Crippen LogP contribution in [0.1, 0.15) is 58.2 Å². The van der Waals surface area contributed by atoms with Crippen LogP contribution >= 0.6 is 0 Å². The van der Waals surface area contributed by atoms with Crippen LogP contribution < -0.4 is 5.32 Å². The quantitative estimate of drug-likeness (QED) is 0.784. The molecule has 1 aromatic rings. The predicted octanol–water partition coefficient (Wildman–Crippen LogP) is 2.79. The summed E-state index contributed by atoms with van der Waals surface area (Å²) in [6.07, 6.45) is 7.75. The molecule has 0 aliphatic heterocycles. The second-order valence-corrected chi connectivity index (χ2v) is 7.64. The van der Waals surface area contributed by atoms with Gasteiger partial charge in [-0.2, -0.15) is 0 Å². The molecular formula is C19H27N3O4. The molecule has 3 aliphatic carbocycles. The first-order chi connectivity index (χ1) is 12.5. The molecule has 142 valence electrons. The number of amides is 1. The van der Waals surface area contributed by atoms with E-state index in [2.05, 4.69) is 15.3 Å². The lowest BCUT2D eigenvalue weighted by atomic mass is 9.66. The molecular weight excluding hydrogens is 334 g/mol. The van der Waals surface area contributed by atoms with Crippen molar-refractivity contribution in [2.24, 2.45) is 5.92 Å². The molecule has 1 amide bonds. The minimum Gasteiger partial charge on any atom is -0.460 e. The van der Waals surface area contributed by atoms with Crippen molar-refractivity contribution in [3.63, 3.8) is 0 Å². The summed E-state index contributed by atoms with van der Waals surface area (Å²) in [5, 5.41) is 3.03. The lowest BCUT2D eigenvalue weighted by Gasteiger charge is -2.46. The number of carbonyl (C=O) groups excluding carboxylic acids is 2. The molecule has 4 rings (SSSR count). The predicted molar refractivity (Wildman–Crippen MR) is 94.3 cm³/mol. The van der Waals surface area contributed by atoms with Crippen LogP contribution in [0.5, 0.6) is 0 Å². The summed E-state index contributed by atoms with van der Waals surface area (Å²) in [6, 6.07) is 1.69. The molecule has 0 saturated heterocycles. The second-order valence-electron chi connectivity index (χ2n) is 7.64. The number of hydrogen-bond donors (Lipinski definition) is 1. The Hall–Kier alpha value is -2.18. The highest BCUT2D eigenvalue weighted by molar-refractivity contribution is 5.79. The first kappa shape index (κ1) is 18.6. The third-order valence-electron chi connectivity index (χ3n) is 5.31. The molecule has 1 N–H and O–H groups in total. The van der Waals surface area contributed by atoms with Gasteiger partial charge in [-0.25, -0.2) is 19.6 Å². The van der Waals surface area contributed by atoms with Crippen LogP contribution in [0.2, 0.25) is 0 Å². The molecule has 3 saturated carbocycles. The summed E-state index contributed by atoms with van der Waals surface area (Å²) in [4.78, 5) is 33.1. The van der Waals surface area contributed by atoms with Gasteiger partial charge in [0.25, 0.3) is 0 Å². The molecule has 1 heterocycles. The smallest absolute Gasteiger partial charge is 0.408 e. The fourth-order valence-electron chi connectivity index (χ4n) is 3.89. The highest BCUT2D eigenvalue weighted by atomic mass is 16.6. The van der Waals surface area contributed by atoms with E-state index < -0.39 is 18.2 Å². The van der Waals surface area contributed by atoms with E-state index in [1.165, 1.54) is 0 Å². The number of aromatic nitrogens is 2. The van der Waals surface area contributed by atoms with E-state index in [1.54, 1.807) is 32.3 Å². The van der Waals surface area contributed by atoms with E-state index in [0.29, 0.717) is 5.82 Å². The van der Waals surface area contributed by atoms with Gasteiger partial charge in [0, 0.05) is 17.9 Å². The Balaban J connectivity index is 1.64. The SMILES string of the molecule is CC(C)OC(=O)C(Cc1ncccn1)OC(=O)NC12CCC(CC1)CC2. The van der Waals surface area contributed by atoms with E-state index >= 15 is 0 Å². The summed E-state index contributed by atoms with van der Waals surface area (Å²) in [5.74, 6) is 0.661. The van der Waals surface area contributed by atoms with Gasteiger partial charge in [-0.05, 0) is 64.4 Å². The van der Waals surface area contributed by atoms with Crippen molar-refractivity contribution in [1.82, 2.24) is 15.3 Å². The Kier molecular flexibility index (Phi) is 5.74. The summed E-state index contributed by atoms with van der Waals surface area (Å²) < 4.78 is 10.7. The highest BCUT2D eigenvalue weighted by Crippen LogP contribution is 2.44. The number of fused-ring (bicyclic) bond motifs is 3. The minimum atomic E-state index is -1.06. The van der Waals surface area contributed by atoms with Gasteiger partial charge in [0.2, 0.25) is 6.10 Å². The Morgan fingerprint density at radius 1 is 1.15 bits per heavy atom. The first-order valence-electron chi connectivity index (χ1n) is 9.41. The topological polar surface area (TPSA) is 90.4 Å². The van der Waals surface area contributed by atoms with Gasteiger partial charge in [0.15, 0.2) is 0 Å². The lowest BCUT2D eigenvalue weighted by Crippen LogP contribution is -2.54. The Bertz CT molecular complexity index is 613. The van der Waals surface area contributed by atoms with Gasteiger partial charge in [0.05, 0.1) is 12.5 Å². The van der Waals surface area contributed by atoms with Gasteiger partial charge in [-0.15, -0.1) is 0 Å². The Morgan fingerprint density at radius 3 is 2.35 bits per heavy atom. The number of carbonyl (C=O) groups is 2. The van der Waals surface area contributed by atoms with Crippen molar-refractivity contribution in [2.75, 3.05) is 0 Å². The summed E-state index contributed by atoms with van der Waals surface area (Å²) in [6.45, 7) is 3.51. The number of nitrogens with one attached hydrogen (secondary N) is 1. The number of esters is 1. The average Bonchev–Trinajstić information content (AvgIpc) is 2.62. The van der Waals surface area contributed by atoms with Gasteiger partial charge in [-0.1, -0.05) is 0 Å². The van der Waals surface area contributed by atoms with E-state index in [-0.39, 0.29) is 18.1 Å². The molecule has 1 aromatic heterocycles. The van der Waals surface area contributed by atoms with E-state index in [4.69, 9.17) is 9.47 Å². The normalized spacial score (nSPS) is 25.6. The maximum Gasteiger partial charge on any atom is 0.408 e. The average molecular weight is 361 g/mol. The van der Waals surface area contributed by atoms with E-state index in [9.17, 15) is 9.59 Å². The fraction of sp³-hybridized carbons (Fsp3) is 0.684. The molecule has 0 radical (unpaired) electrons. The van der Waals surface area contributed by atoms with Crippen molar-refractivity contribution < 1.29 is 19.1 Å². The number of alkyl carbamates (subject to hydrolysis) is 1. The number of hydrogen-bond acceptors (Lipinski definition) is 6. The van der Waals surface area contributed by atoms with Crippen LogP contribution in [0.25, 0.3) is 0 Å². The van der Waals surface area contributed by atoms with Gasteiger partial charge in [0.1, 0.15) is 5.82 Å². The van der Waals surface area contributed by atoms with Crippen molar-refractivity contribution in [2.45, 2.75) is 76.5 Å². The maximum absolute atomic E-state index is 12.5. The van der Waals surface area contributed by atoms with Crippen LogP contribution in [0.3, 0.4) is 0 Å². The van der Waals surface area contributed by atoms with Crippen LogP contribution in [-0.4, -0.2) is 39.8 Å². The molecule has 0 spiro atoms. The van der Waals surface area contributed by atoms with Crippen LogP contribution in [0.15, 0.2) is 18.5 Å². The lowest BCUT2D eigenvalue weighted by molar-refractivity contribution is -0.157. The molecule has 26 heavy (non-hydrogen) atoms. The Labute approximate surface area is 153 Å². The first-order valence-corrected chi connectivity index (χ1v) is 9.41. The summed E-state index contributed by atoms with van der Waals surface area (Å²) in [5.41, 5.74) is -0.179. The largest absolute Gasteiger partial charge is 0.460 e.